The van der Waals surface area contributed by atoms with Gasteiger partial charge in [-0.2, -0.15) is 5.10 Å². The smallest absolute Gasteiger partial charge is 0.0794 e. The molecule has 1 aliphatic heterocycles. The Morgan fingerprint density at radius 2 is 1.94 bits per heavy atom. The van der Waals surface area contributed by atoms with Crippen molar-refractivity contribution in [1.29, 1.82) is 0 Å². The minimum absolute atomic E-state index is 0.930. The SMILES string of the molecule is C1CCc2c(CNCCN3CCCC3)n[nH]c2C1. The van der Waals surface area contributed by atoms with Crippen molar-refractivity contribution >= 4 is 0 Å². The van der Waals surface area contributed by atoms with Crippen molar-refractivity contribution < 1.29 is 0 Å². The zero-order valence-corrected chi connectivity index (χ0v) is 11.2. The van der Waals surface area contributed by atoms with Gasteiger partial charge in [0.05, 0.1) is 5.69 Å². The van der Waals surface area contributed by atoms with Crippen LogP contribution in [0.3, 0.4) is 0 Å². The Balaban J connectivity index is 1.43. The summed E-state index contributed by atoms with van der Waals surface area (Å²) in [6.07, 6.45) is 7.81. The zero-order chi connectivity index (χ0) is 12.2. The summed E-state index contributed by atoms with van der Waals surface area (Å²) in [7, 11) is 0. The number of nitrogens with one attached hydrogen (secondary N) is 2. The highest BCUT2D eigenvalue weighted by Crippen LogP contribution is 2.21. The summed E-state index contributed by atoms with van der Waals surface area (Å²) in [5.74, 6) is 0. The Hall–Kier alpha value is -0.870. The number of aromatic amines is 1. The number of nitrogens with zero attached hydrogens (tertiary/aromatic N) is 2. The second-order valence-electron chi connectivity index (χ2n) is 5.56. The first-order valence-corrected chi connectivity index (χ1v) is 7.41. The van der Waals surface area contributed by atoms with Crippen LogP contribution in [0.2, 0.25) is 0 Å². The van der Waals surface area contributed by atoms with Crippen molar-refractivity contribution in [2.45, 2.75) is 45.1 Å². The molecule has 2 heterocycles. The van der Waals surface area contributed by atoms with Crippen LogP contribution < -0.4 is 5.32 Å². The summed E-state index contributed by atoms with van der Waals surface area (Å²) in [6, 6.07) is 0. The first-order valence-electron chi connectivity index (χ1n) is 7.41. The van der Waals surface area contributed by atoms with Crippen molar-refractivity contribution in [1.82, 2.24) is 20.4 Å². The van der Waals surface area contributed by atoms with E-state index in [9.17, 15) is 0 Å². The first-order chi connectivity index (χ1) is 8.93. The second-order valence-corrected chi connectivity index (χ2v) is 5.56. The molecule has 1 fully saturated rings. The van der Waals surface area contributed by atoms with Crippen LogP contribution in [0.25, 0.3) is 0 Å². The lowest BCUT2D eigenvalue weighted by Crippen LogP contribution is -2.30. The molecule has 0 atom stereocenters. The molecule has 1 aromatic rings. The summed E-state index contributed by atoms with van der Waals surface area (Å²) in [5, 5.41) is 11.2. The van der Waals surface area contributed by atoms with E-state index in [2.05, 4.69) is 20.4 Å². The number of rotatable bonds is 5. The number of likely N-dealkylation sites (tertiary alicyclic amines) is 1. The van der Waals surface area contributed by atoms with Gasteiger partial charge in [-0.25, -0.2) is 0 Å². The predicted octanol–water partition coefficient (Wildman–Crippen LogP) is 1.47. The van der Waals surface area contributed by atoms with Crippen molar-refractivity contribution in [2.75, 3.05) is 26.2 Å². The number of hydrogen-bond acceptors (Lipinski definition) is 3. The molecule has 0 amide bonds. The summed E-state index contributed by atoms with van der Waals surface area (Å²) in [6.45, 7) is 5.78. The Labute approximate surface area is 109 Å². The van der Waals surface area contributed by atoms with Gasteiger partial charge in [0.2, 0.25) is 0 Å². The van der Waals surface area contributed by atoms with E-state index >= 15 is 0 Å². The van der Waals surface area contributed by atoms with Gasteiger partial charge < -0.3 is 10.2 Å². The van der Waals surface area contributed by atoms with Crippen LogP contribution >= 0.6 is 0 Å². The van der Waals surface area contributed by atoms with E-state index in [4.69, 9.17) is 0 Å². The maximum absolute atomic E-state index is 4.47. The molecule has 0 bridgehead atoms. The molecule has 0 spiro atoms. The van der Waals surface area contributed by atoms with Gasteiger partial charge >= 0.3 is 0 Å². The Morgan fingerprint density at radius 1 is 1.11 bits per heavy atom. The Bertz CT molecular complexity index is 379. The summed E-state index contributed by atoms with van der Waals surface area (Å²) >= 11 is 0. The monoisotopic (exact) mass is 248 g/mol. The molecule has 0 saturated carbocycles. The summed E-state index contributed by atoms with van der Waals surface area (Å²) < 4.78 is 0. The van der Waals surface area contributed by atoms with Gasteiger partial charge in [-0.15, -0.1) is 0 Å². The third-order valence-corrected chi connectivity index (χ3v) is 4.24. The van der Waals surface area contributed by atoms with Gasteiger partial charge in [-0.1, -0.05) is 0 Å². The van der Waals surface area contributed by atoms with Crippen molar-refractivity contribution in [3.8, 4) is 0 Å². The van der Waals surface area contributed by atoms with Crippen molar-refractivity contribution in [3.63, 3.8) is 0 Å². The van der Waals surface area contributed by atoms with E-state index in [0.717, 1.165) is 13.1 Å². The lowest BCUT2D eigenvalue weighted by Gasteiger charge is -2.15. The molecule has 0 aromatic carbocycles. The van der Waals surface area contributed by atoms with Crippen LogP contribution in [-0.2, 0) is 19.4 Å². The van der Waals surface area contributed by atoms with E-state index in [1.165, 1.54) is 75.1 Å². The third-order valence-electron chi connectivity index (χ3n) is 4.24. The average Bonchev–Trinajstić information content (AvgIpc) is 3.04. The van der Waals surface area contributed by atoms with Gasteiger partial charge in [-0.3, -0.25) is 5.10 Å². The van der Waals surface area contributed by atoms with Gasteiger partial charge in [0.25, 0.3) is 0 Å². The molecular weight excluding hydrogens is 224 g/mol. The molecule has 2 aliphatic rings. The van der Waals surface area contributed by atoms with Crippen LogP contribution in [0.4, 0.5) is 0 Å². The summed E-state index contributed by atoms with van der Waals surface area (Å²) in [5.41, 5.74) is 4.14. The topological polar surface area (TPSA) is 44.0 Å². The third kappa shape index (κ3) is 2.75. The van der Waals surface area contributed by atoms with Crippen LogP contribution in [0.5, 0.6) is 0 Å². The summed E-state index contributed by atoms with van der Waals surface area (Å²) in [4.78, 5) is 2.55. The quantitative estimate of drug-likeness (QED) is 0.776. The first kappa shape index (κ1) is 12.2. The zero-order valence-electron chi connectivity index (χ0n) is 11.2. The maximum atomic E-state index is 4.47. The molecule has 3 rings (SSSR count). The highest BCUT2D eigenvalue weighted by atomic mass is 15.2. The van der Waals surface area contributed by atoms with Crippen molar-refractivity contribution in [2.24, 2.45) is 0 Å². The normalized spacial score (nSPS) is 20.2. The molecular formula is C14H24N4. The highest BCUT2D eigenvalue weighted by Gasteiger charge is 2.16. The lowest BCUT2D eigenvalue weighted by molar-refractivity contribution is 0.335. The van der Waals surface area contributed by atoms with E-state index in [-0.39, 0.29) is 0 Å². The van der Waals surface area contributed by atoms with Gasteiger partial charge in [0.1, 0.15) is 0 Å². The Kier molecular flexibility index (Phi) is 3.96. The molecule has 2 N–H and O–H groups in total. The average molecular weight is 248 g/mol. The van der Waals surface area contributed by atoms with Crippen LogP contribution in [0.15, 0.2) is 0 Å². The number of H-pyrrole nitrogens is 1. The maximum Gasteiger partial charge on any atom is 0.0794 e. The molecule has 0 unspecified atom stereocenters. The predicted molar refractivity (Wildman–Crippen MR) is 72.6 cm³/mol. The van der Waals surface area contributed by atoms with Gasteiger partial charge in [-0.05, 0) is 57.2 Å². The molecule has 1 aromatic heterocycles. The number of aromatic nitrogens is 2. The van der Waals surface area contributed by atoms with E-state index in [1.807, 2.05) is 0 Å². The fraction of sp³-hybridized carbons (Fsp3) is 0.786. The number of hydrogen-bond donors (Lipinski definition) is 2. The fourth-order valence-electron chi connectivity index (χ4n) is 3.15. The molecule has 1 saturated heterocycles. The van der Waals surface area contributed by atoms with Gasteiger partial charge in [0.15, 0.2) is 0 Å². The minimum Gasteiger partial charge on any atom is -0.310 e. The Morgan fingerprint density at radius 3 is 2.83 bits per heavy atom. The molecule has 1 aliphatic carbocycles. The minimum atomic E-state index is 0.930. The fourth-order valence-corrected chi connectivity index (χ4v) is 3.15. The van der Waals surface area contributed by atoms with E-state index in [1.54, 1.807) is 0 Å². The molecule has 4 heteroatoms. The van der Waals surface area contributed by atoms with Gasteiger partial charge in [0, 0.05) is 25.3 Å². The molecule has 0 radical (unpaired) electrons. The largest absolute Gasteiger partial charge is 0.310 e. The lowest BCUT2D eigenvalue weighted by atomic mass is 9.96. The standard InChI is InChI=1S/C14H24N4/c1-2-6-13-12(5-1)14(17-16-13)11-15-7-10-18-8-3-4-9-18/h15H,1-11H2,(H,16,17). The number of fused-ring (bicyclic) bond motifs is 1. The molecule has 100 valence electrons. The molecule has 4 nitrogen and oxygen atoms in total. The van der Waals surface area contributed by atoms with E-state index < -0.39 is 0 Å². The van der Waals surface area contributed by atoms with Crippen LogP contribution in [-0.4, -0.2) is 41.3 Å². The van der Waals surface area contributed by atoms with E-state index in [0.29, 0.717) is 0 Å². The highest BCUT2D eigenvalue weighted by molar-refractivity contribution is 5.27. The molecule has 18 heavy (non-hydrogen) atoms. The van der Waals surface area contributed by atoms with Crippen LogP contribution in [0, 0.1) is 0 Å². The van der Waals surface area contributed by atoms with Crippen molar-refractivity contribution in [3.05, 3.63) is 17.0 Å². The second kappa shape index (κ2) is 5.85. The van der Waals surface area contributed by atoms with Crippen LogP contribution in [0.1, 0.15) is 42.6 Å². The number of aryl methyl sites for hydroxylation is 1.